The highest BCUT2D eigenvalue weighted by Gasteiger charge is 2.32. The highest BCUT2D eigenvalue weighted by Crippen LogP contribution is 2.34. The van der Waals surface area contributed by atoms with E-state index >= 15 is 0 Å². The van der Waals surface area contributed by atoms with Crippen LogP contribution < -0.4 is 10.6 Å². The molecule has 148 valence electrons. The maximum atomic E-state index is 11.5. The van der Waals surface area contributed by atoms with Crippen LogP contribution >= 0.6 is 24.0 Å². The van der Waals surface area contributed by atoms with Crippen LogP contribution in [-0.4, -0.2) is 65.8 Å². The number of nitrogens with zero attached hydrogens (tertiary/aromatic N) is 2. The number of aliphatic imine (C=N–C) groups is 1. The van der Waals surface area contributed by atoms with Crippen LogP contribution in [0.4, 0.5) is 0 Å². The molecule has 6 nitrogen and oxygen atoms in total. The molecular formula is C18H31IN4O2S. The Kier molecular flexibility index (Phi) is 9.32. The Balaban J connectivity index is 0.00000338. The minimum absolute atomic E-state index is 0. The lowest BCUT2D eigenvalue weighted by molar-refractivity contribution is 0.264. The number of rotatable bonds is 8. The Labute approximate surface area is 174 Å². The van der Waals surface area contributed by atoms with Crippen molar-refractivity contribution in [1.29, 1.82) is 0 Å². The fraction of sp³-hybridized carbons (Fsp3) is 0.611. The van der Waals surface area contributed by atoms with Crippen molar-refractivity contribution < 1.29 is 8.42 Å². The zero-order chi connectivity index (χ0) is 18.4. The quantitative estimate of drug-likeness (QED) is 0.328. The minimum atomic E-state index is -3.13. The molecule has 1 unspecified atom stereocenters. The molecule has 8 heteroatoms. The van der Waals surface area contributed by atoms with Crippen molar-refractivity contribution >= 4 is 39.8 Å². The predicted molar refractivity (Wildman–Crippen MR) is 118 cm³/mol. The van der Waals surface area contributed by atoms with Gasteiger partial charge in [0, 0.05) is 32.4 Å². The van der Waals surface area contributed by atoms with Crippen molar-refractivity contribution in [3.05, 3.63) is 29.8 Å². The van der Waals surface area contributed by atoms with E-state index in [0.717, 1.165) is 37.0 Å². The third-order valence-electron chi connectivity index (χ3n) is 4.59. The molecule has 1 aliphatic rings. The van der Waals surface area contributed by atoms with E-state index in [2.05, 4.69) is 34.6 Å². The van der Waals surface area contributed by atoms with Gasteiger partial charge in [0.1, 0.15) is 0 Å². The third kappa shape index (κ3) is 7.40. The maximum absolute atomic E-state index is 11.5. The summed E-state index contributed by atoms with van der Waals surface area (Å²) in [4.78, 5) is 6.91. The second kappa shape index (κ2) is 10.5. The number of hydrogen-bond acceptors (Lipinski definition) is 4. The standard InChI is InChI=1S/C18H30N4O2S.HI/c1-19-18(21-13-17(22(2)3)15-7-8-15)20-12-11-14-5-9-16(10-6-14)25(4,23)24;/h5-6,9-10,15,17H,7-8,11-13H2,1-4H3,(H2,19,20,21);1H. The molecular weight excluding hydrogens is 463 g/mol. The number of sulfone groups is 1. The molecule has 0 aliphatic heterocycles. The van der Waals surface area contributed by atoms with Crippen molar-refractivity contribution in [3.8, 4) is 0 Å². The van der Waals surface area contributed by atoms with E-state index in [1.807, 2.05) is 12.1 Å². The fourth-order valence-corrected chi connectivity index (χ4v) is 3.53. The van der Waals surface area contributed by atoms with Gasteiger partial charge in [-0.3, -0.25) is 4.99 Å². The lowest BCUT2D eigenvalue weighted by atomic mass is 10.1. The van der Waals surface area contributed by atoms with E-state index in [0.29, 0.717) is 10.9 Å². The van der Waals surface area contributed by atoms with E-state index < -0.39 is 9.84 Å². The molecule has 0 radical (unpaired) electrons. The molecule has 1 fully saturated rings. The summed E-state index contributed by atoms with van der Waals surface area (Å²) in [5.74, 6) is 1.61. The second-order valence-electron chi connectivity index (χ2n) is 6.91. The van der Waals surface area contributed by atoms with Gasteiger partial charge in [-0.2, -0.15) is 0 Å². The Hall–Kier alpha value is -0.870. The highest BCUT2D eigenvalue weighted by atomic mass is 127. The van der Waals surface area contributed by atoms with Gasteiger partial charge in [0.2, 0.25) is 0 Å². The number of guanidine groups is 1. The molecule has 1 aromatic rings. The van der Waals surface area contributed by atoms with Crippen molar-refractivity contribution in [2.75, 3.05) is 40.5 Å². The van der Waals surface area contributed by atoms with Crippen LogP contribution in [0.5, 0.6) is 0 Å². The van der Waals surface area contributed by atoms with E-state index in [1.54, 1.807) is 19.2 Å². The molecule has 26 heavy (non-hydrogen) atoms. The summed E-state index contributed by atoms with van der Waals surface area (Å²) in [5, 5.41) is 6.72. The van der Waals surface area contributed by atoms with Gasteiger partial charge < -0.3 is 15.5 Å². The second-order valence-corrected chi connectivity index (χ2v) is 8.93. The third-order valence-corrected chi connectivity index (χ3v) is 5.72. The van der Waals surface area contributed by atoms with Gasteiger partial charge in [-0.1, -0.05) is 12.1 Å². The fourth-order valence-electron chi connectivity index (χ4n) is 2.90. The summed E-state index contributed by atoms with van der Waals surface area (Å²) < 4.78 is 22.9. The van der Waals surface area contributed by atoms with Crippen LogP contribution in [-0.2, 0) is 16.3 Å². The molecule has 0 heterocycles. The SMILES string of the molecule is CN=C(NCCc1ccc(S(C)(=O)=O)cc1)NCC(C1CC1)N(C)C.I. The van der Waals surface area contributed by atoms with Crippen molar-refractivity contribution in [2.24, 2.45) is 10.9 Å². The minimum Gasteiger partial charge on any atom is -0.356 e. The number of nitrogens with one attached hydrogen (secondary N) is 2. The Morgan fingerprint density at radius 3 is 2.31 bits per heavy atom. The average molecular weight is 494 g/mol. The molecule has 0 aromatic heterocycles. The van der Waals surface area contributed by atoms with Gasteiger partial charge in [-0.15, -0.1) is 24.0 Å². The van der Waals surface area contributed by atoms with Crippen LogP contribution in [0.25, 0.3) is 0 Å². The molecule has 0 saturated heterocycles. The van der Waals surface area contributed by atoms with Crippen LogP contribution in [0.1, 0.15) is 18.4 Å². The van der Waals surface area contributed by atoms with E-state index in [4.69, 9.17) is 0 Å². The molecule has 0 bridgehead atoms. The van der Waals surface area contributed by atoms with E-state index in [9.17, 15) is 8.42 Å². The van der Waals surface area contributed by atoms with Crippen molar-refractivity contribution in [1.82, 2.24) is 15.5 Å². The Morgan fingerprint density at radius 2 is 1.85 bits per heavy atom. The predicted octanol–water partition coefficient (Wildman–Crippen LogP) is 1.76. The molecule has 0 spiro atoms. The summed E-state index contributed by atoms with van der Waals surface area (Å²) >= 11 is 0. The van der Waals surface area contributed by atoms with Crippen LogP contribution in [0, 0.1) is 5.92 Å². The highest BCUT2D eigenvalue weighted by molar-refractivity contribution is 14.0. The first-order valence-corrected chi connectivity index (χ1v) is 10.6. The summed E-state index contributed by atoms with van der Waals surface area (Å²) in [7, 11) is 2.90. The molecule has 1 aliphatic carbocycles. The molecule has 1 atom stereocenters. The Bertz CT molecular complexity index is 684. The largest absolute Gasteiger partial charge is 0.356 e. The van der Waals surface area contributed by atoms with Gasteiger partial charge in [0.05, 0.1) is 4.90 Å². The number of likely N-dealkylation sites (N-methyl/N-ethyl adjacent to an activating group) is 1. The zero-order valence-corrected chi connectivity index (χ0v) is 19.2. The molecule has 2 rings (SSSR count). The van der Waals surface area contributed by atoms with Crippen molar-refractivity contribution in [3.63, 3.8) is 0 Å². The summed E-state index contributed by atoms with van der Waals surface area (Å²) in [6.07, 6.45) is 4.67. The normalized spacial score (nSPS) is 16.1. The summed E-state index contributed by atoms with van der Waals surface area (Å²) in [5.41, 5.74) is 1.10. The van der Waals surface area contributed by atoms with E-state index in [-0.39, 0.29) is 24.0 Å². The van der Waals surface area contributed by atoms with Gasteiger partial charge in [-0.05, 0) is 57.0 Å². The topological polar surface area (TPSA) is 73.8 Å². The van der Waals surface area contributed by atoms with Gasteiger partial charge in [0.15, 0.2) is 15.8 Å². The average Bonchev–Trinajstić information content (AvgIpc) is 3.37. The van der Waals surface area contributed by atoms with Gasteiger partial charge in [-0.25, -0.2) is 8.42 Å². The lowest BCUT2D eigenvalue weighted by Gasteiger charge is -2.25. The van der Waals surface area contributed by atoms with Gasteiger partial charge >= 0.3 is 0 Å². The van der Waals surface area contributed by atoms with Crippen LogP contribution in [0.15, 0.2) is 34.2 Å². The van der Waals surface area contributed by atoms with Crippen molar-refractivity contribution in [2.45, 2.75) is 30.2 Å². The number of halogens is 1. The zero-order valence-electron chi connectivity index (χ0n) is 16.0. The van der Waals surface area contributed by atoms with Crippen LogP contribution in [0.3, 0.4) is 0 Å². The molecule has 0 amide bonds. The number of hydrogen-bond donors (Lipinski definition) is 2. The monoisotopic (exact) mass is 494 g/mol. The smallest absolute Gasteiger partial charge is 0.191 e. The molecule has 1 saturated carbocycles. The molecule has 1 aromatic carbocycles. The first-order valence-electron chi connectivity index (χ1n) is 8.71. The maximum Gasteiger partial charge on any atom is 0.191 e. The van der Waals surface area contributed by atoms with E-state index in [1.165, 1.54) is 19.1 Å². The first-order chi connectivity index (χ1) is 11.8. The lowest BCUT2D eigenvalue weighted by Crippen LogP contribution is -2.46. The van der Waals surface area contributed by atoms with Gasteiger partial charge in [0.25, 0.3) is 0 Å². The summed E-state index contributed by atoms with van der Waals surface area (Å²) in [6.45, 7) is 1.63. The van der Waals surface area contributed by atoms with Crippen LogP contribution in [0.2, 0.25) is 0 Å². The molecule has 2 N–H and O–H groups in total. The summed E-state index contributed by atoms with van der Waals surface area (Å²) in [6, 6.07) is 7.60. The first kappa shape index (κ1) is 23.2. The number of benzene rings is 1. The Morgan fingerprint density at radius 1 is 1.23 bits per heavy atom.